The van der Waals surface area contributed by atoms with Crippen LogP contribution in [0.15, 0.2) is 12.2 Å². The molecule has 0 heterocycles. The minimum Gasteiger partial charge on any atom is -0.469 e. The highest BCUT2D eigenvalue weighted by Crippen LogP contribution is 2.25. The minimum atomic E-state index is -0.234. The van der Waals surface area contributed by atoms with Crippen LogP contribution in [-0.4, -0.2) is 18.9 Å². The molecule has 0 rings (SSSR count). The second-order valence-corrected chi connectivity index (χ2v) is 4.28. The van der Waals surface area contributed by atoms with Gasteiger partial charge in [0.15, 0.2) is 0 Å². The first-order valence-electron chi connectivity index (χ1n) is 6.28. The van der Waals surface area contributed by atoms with Crippen molar-refractivity contribution >= 4 is 11.8 Å². The molecule has 17 heavy (non-hydrogen) atoms. The Labute approximate surface area is 104 Å². The molecule has 0 aromatic rings. The number of hydrogen-bond donors (Lipinski definition) is 0. The van der Waals surface area contributed by atoms with Crippen LogP contribution >= 0.6 is 0 Å². The number of methoxy groups -OCH3 is 1. The maximum absolute atomic E-state index is 11.6. The van der Waals surface area contributed by atoms with Crippen LogP contribution in [0.25, 0.3) is 0 Å². The van der Waals surface area contributed by atoms with Crippen molar-refractivity contribution in [3.63, 3.8) is 0 Å². The summed E-state index contributed by atoms with van der Waals surface area (Å²) in [5.41, 5.74) is 0. The fourth-order valence-corrected chi connectivity index (χ4v) is 1.97. The molecule has 3 nitrogen and oxygen atoms in total. The molecule has 0 spiro atoms. The molecule has 0 aromatic heterocycles. The van der Waals surface area contributed by atoms with Gasteiger partial charge in [0.25, 0.3) is 0 Å². The van der Waals surface area contributed by atoms with Crippen molar-refractivity contribution in [2.45, 2.75) is 46.5 Å². The van der Waals surface area contributed by atoms with E-state index in [1.807, 2.05) is 13.0 Å². The van der Waals surface area contributed by atoms with E-state index in [1.54, 1.807) is 6.92 Å². The van der Waals surface area contributed by atoms with Crippen molar-refractivity contribution in [1.29, 1.82) is 0 Å². The normalized spacial score (nSPS) is 14.6. The van der Waals surface area contributed by atoms with Gasteiger partial charge in [0.2, 0.25) is 0 Å². The topological polar surface area (TPSA) is 43.4 Å². The summed E-state index contributed by atoms with van der Waals surface area (Å²) in [6.07, 6.45) is 6.93. The van der Waals surface area contributed by atoms with Gasteiger partial charge in [-0.25, -0.2) is 0 Å². The number of esters is 1. The quantitative estimate of drug-likeness (QED) is 0.483. The molecule has 2 atom stereocenters. The average molecular weight is 240 g/mol. The van der Waals surface area contributed by atoms with E-state index in [2.05, 4.69) is 17.7 Å². The number of carbonyl (C=O) groups excluding carboxylic acids is 2. The molecule has 0 amide bonds. The minimum absolute atomic E-state index is 0.0677. The van der Waals surface area contributed by atoms with Crippen molar-refractivity contribution in [2.75, 3.05) is 7.11 Å². The van der Waals surface area contributed by atoms with Crippen molar-refractivity contribution < 1.29 is 14.3 Å². The van der Waals surface area contributed by atoms with E-state index in [-0.39, 0.29) is 23.6 Å². The lowest BCUT2D eigenvalue weighted by Crippen LogP contribution is -2.24. The summed E-state index contributed by atoms with van der Waals surface area (Å²) in [5, 5.41) is 0. The highest BCUT2D eigenvalue weighted by Gasteiger charge is 2.25. The number of carbonyl (C=O) groups is 2. The van der Waals surface area contributed by atoms with Gasteiger partial charge >= 0.3 is 5.97 Å². The van der Waals surface area contributed by atoms with Crippen LogP contribution in [0.1, 0.15) is 46.5 Å². The largest absolute Gasteiger partial charge is 0.469 e. The molecule has 3 heteroatoms. The van der Waals surface area contributed by atoms with Gasteiger partial charge < -0.3 is 4.74 Å². The van der Waals surface area contributed by atoms with Gasteiger partial charge in [0, 0.05) is 12.3 Å². The number of rotatable bonds is 8. The first-order valence-corrected chi connectivity index (χ1v) is 6.28. The Morgan fingerprint density at radius 1 is 1.24 bits per heavy atom. The Hall–Kier alpha value is -1.12. The van der Waals surface area contributed by atoms with Gasteiger partial charge in [0.1, 0.15) is 5.78 Å². The van der Waals surface area contributed by atoms with E-state index in [9.17, 15) is 9.59 Å². The first kappa shape index (κ1) is 15.9. The number of hydrogen-bond acceptors (Lipinski definition) is 3. The highest BCUT2D eigenvalue weighted by molar-refractivity contribution is 5.80. The lowest BCUT2D eigenvalue weighted by atomic mass is 9.82. The van der Waals surface area contributed by atoms with Gasteiger partial charge in [-0.2, -0.15) is 0 Å². The van der Waals surface area contributed by atoms with Crippen LogP contribution in [-0.2, 0) is 14.3 Å². The zero-order valence-electron chi connectivity index (χ0n) is 11.4. The van der Waals surface area contributed by atoms with Gasteiger partial charge in [0.05, 0.1) is 7.11 Å². The molecule has 98 valence electrons. The first-order chi connectivity index (χ1) is 8.06. The smallest absolute Gasteiger partial charge is 0.305 e. The molecular formula is C14H24O3. The van der Waals surface area contributed by atoms with E-state index < -0.39 is 0 Å². The Balaban J connectivity index is 4.57. The van der Waals surface area contributed by atoms with Crippen LogP contribution in [0.3, 0.4) is 0 Å². The molecule has 0 aromatic carbocycles. The fourth-order valence-electron chi connectivity index (χ4n) is 1.97. The van der Waals surface area contributed by atoms with E-state index in [0.29, 0.717) is 6.42 Å². The Bertz CT molecular complexity index is 269. The van der Waals surface area contributed by atoms with Gasteiger partial charge in [-0.1, -0.05) is 32.4 Å². The summed E-state index contributed by atoms with van der Waals surface area (Å²) < 4.78 is 4.67. The zero-order valence-corrected chi connectivity index (χ0v) is 11.4. The lowest BCUT2D eigenvalue weighted by molar-refractivity contribution is -0.142. The fraction of sp³-hybridized carbons (Fsp3) is 0.714. The summed E-state index contributed by atoms with van der Waals surface area (Å²) in [6, 6.07) is 0. The van der Waals surface area contributed by atoms with Crippen molar-refractivity contribution in [3.8, 4) is 0 Å². The maximum atomic E-state index is 11.6. The van der Waals surface area contributed by atoms with Crippen molar-refractivity contribution in [1.82, 2.24) is 0 Å². The molecule has 0 N–H and O–H groups in total. The number of ether oxygens (including phenoxy) is 1. The molecule has 0 aliphatic rings. The maximum Gasteiger partial charge on any atom is 0.305 e. The van der Waals surface area contributed by atoms with Gasteiger partial charge in [-0.3, -0.25) is 9.59 Å². The second kappa shape index (κ2) is 8.97. The molecule has 0 radical (unpaired) electrons. The second-order valence-electron chi connectivity index (χ2n) is 4.28. The van der Waals surface area contributed by atoms with Crippen LogP contribution in [0.4, 0.5) is 0 Å². The molecule has 0 aliphatic carbocycles. The standard InChI is InChI=1S/C14H24O3/c1-5-7-8-9-13(11(3)15)12(6-2)10-14(16)17-4/h7-8,12-13H,5-6,9-10H2,1-4H3/b8-7-. The van der Waals surface area contributed by atoms with E-state index in [4.69, 9.17) is 0 Å². The third-order valence-corrected chi connectivity index (χ3v) is 3.06. The predicted octanol–water partition coefficient (Wildman–Crippen LogP) is 3.14. The number of ketones is 1. The lowest BCUT2D eigenvalue weighted by Gasteiger charge is -2.21. The van der Waals surface area contributed by atoms with E-state index in [0.717, 1.165) is 19.3 Å². The third-order valence-electron chi connectivity index (χ3n) is 3.06. The van der Waals surface area contributed by atoms with Crippen molar-refractivity contribution in [2.24, 2.45) is 11.8 Å². The molecule has 2 unspecified atom stereocenters. The number of Topliss-reactive ketones (excluding diaryl/α,β-unsaturated/α-hetero) is 1. The third kappa shape index (κ3) is 6.25. The molecule has 0 saturated carbocycles. The average Bonchev–Trinajstić information content (AvgIpc) is 2.31. The summed E-state index contributed by atoms with van der Waals surface area (Å²) in [5.74, 6) is -0.0626. The van der Waals surface area contributed by atoms with Crippen molar-refractivity contribution in [3.05, 3.63) is 12.2 Å². The molecule has 0 saturated heterocycles. The Morgan fingerprint density at radius 2 is 1.88 bits per heavy atom. The summed E-state index contributed by atoms with van der Waals surface area (Å²) in [6.45, 7) is 5.67. The Kier molecular flexibility index (Phi) is 8.38. The van der Waals surface area contributed by atoms with Crippen LogP contribution < -0.4 is 0 Å². The SMILES string of the molecule is CC/C=C\CC(C(C)=O)C(CC)CC(=O)OC. The van der Waals surface area contributed by atoms with E-state index >= 15 is 0 Å². The van der Waals surface area contributed by atoms with Gasteiger partial charge in [-0.15, -0.1) is 0 Å². The number of allylic oxidation sites excluding steroid dienone is 2. The molecule has 0 fully saturated rings. The van der Waals surface area contributed by atoms with Crippen LogP contribution in [0.5, 0.6) is 0 Å². The predicted molar refractivity (Wildman–Crippen MR) is 68.6 cm³/mol. The summed E-state index contributed by atoms with van der Waals surface area (Å²) >= 11 is 0. The highest BCUT2D eigenvalue weighted by atomic mass is 16.5. The monoisotopic (exact) mass is 240 g/mol. The van der Waals surface area contributed by atoms with E-state index in [1.165, 1.54) is 7.11 Å². The summed E-state index contributed by atoms with van der Waals surface area (Å²) in [7, 11) is 1.38. The zero-order chi connectivity index (χ0) is 13.3. The van der Waals surface area contributed by atoms with Crippen LogP contribution in [0, 0.1) is 11.8 Å². The Morgan fingerprint density at radius 3 is 2.29 bits per heavy atom. The van der Waals surface area contributed by atoms with Gasteiger partial charge in [-0.05, 0) is 25.7 Å². The molecular weight excluding hydrogens is 216 g/mol. The van der Waals surface area contributed by atoms with Crippen LogP contribution in [0.2, 0.25) is 0 Å². The molecule has 0 aliphatic heterocycles. The summed E-state index contributed by atoms with van der Waals surface area (Å²) in [4.78, 5) is 22.9. The molecule has 0 bridgehead atoms.